The summed E-state index contributed by atoms with van der Waals surface area (Å²) in [4.78, 5) is 25.6. The van der Waals surface area contributed by atoms with E-state index in [4.69, 9.17) is 0 Å². The number of hydrogen-bond donors (Lipinski definition) is 2. The standard InChI is InChI=1S/C26H23N3O2/c30-25(19-21-8-12-23(13-9-21)22-6-2-1-3-7-22)27-16-4-5-20-10-14-24(15-11-20)29-18-17-28-26(29)31/h1-3,6-15H,16-19H2,(H,27,30)(H,28,31). The van der Waals surface area contributed by atoms with Gasteiger partial charge >= 0.3 is 6.03 Å². The van der Waals surface area contributed by atoms with Gasteiger partial charge in [0, 0.05) is 24.3 Å². The van der Waals surface area contributed by atoms with Gasteiger partial charge in [-0.05, 0) is 41.0 Å². The van der Waals surface area contributed by atoms with Crippen molar-refractivity contribution in [3.8, 4) is 23.0 Å². The summed E-state index contributed by atoms with van der Waals surface area (Å²) in [5.41, 5.74) is 4.95. The molecule has 2 N–H and O–H groups in total. The van der Waals surface area contributed by atoms with Crippen LogP contribution in [0.2, 0.25) is 0 Å². The molecule has 0 bridgehead atoms. The van der Waals surface area contributed by atoms with Crippen molar-refractivity contribution in [3.63, 3.8) is 0 Å². The number of carbonyl (C=O) groups is 2. The normalized spacial score (nSPS) is 12.6. The molecule has 1 aliphatic heterocycles. The Bertz CT molecular complexity index is 1110. The van der Waals surface area contributed by atoms with Crippen LogP contribution in [0.25, 0.3) is 11.1 Å². The van der Waals surface area contributed by atoms with Gasteiger partial charge in [-0.25, -0.2) is 4.79 Å². The Hall–Kier alpha value is -4.04. The van der Waals surface area contributed by atoms with E-state index in [1.807, 2.05) is 66.7 Å². The lowest BCUT2D eigenvalue weighted by Gasteiger charge is -2.13. The third kappa shape index (κ3) is 5.31. The van der Waals surface area contributed by atoms with Crippen LogP contribution in [0.1, 0.15) is 11.1 Å². The van der Waals surface area contributed by atoms with Crippen molar-refractivity contribution in [2.75, 3.05) is 24.5 Å². The number of hydrogen-bond acceptors (Lipinski definition) is 2. The monoisotopic (exact) mass is 409 g/mol. The van der Waals surface area contributed by atoms with Crippen molar-refractivity contribution in [1.29, 1.82) is 0 Å². The van der Waals surface area contributed by atoms with Crippen LogP contribution in [-0.2, 0) is 11.2 Å². The summed E-state index contributed by atoms with van der Waals surface area (Å²) < 4.78 is 0. The van der Waals surface area contributed by atoms with Crippen LogP contribution in [0.15, 0.2) is 78.9 Å². The van der Waals surface area contributed by atoms with Gasteiger partial charge in [0.1, 0.15) is 0 Å². The fourth-order valence-electron chi connectivity index (χ4n) is 3.43. The maximum Gasteiger partial charge on any atom is 0.321 e. The van der Waals surface area contributed by atoms with E-state index in [0.29, 0.717) is 19.5 Å². The number of nitrogens with one attached hydrogen (secondary N) is 2. The van der Waals surface area contributed by atoms with E-state index in [-0.39, 0.29) is 18.5 Å². The smallest absolute Gasteiger partial charge is 0.321 e. The molecule has 0 unspecified atom stereocenters. The van der Waals surface area contributed by atoms with Gasteiger partial charge in [0.15, 0.2) is 0 Å². The lowest BCUT2D eigenvalue weighted by molar-refractivity contribution is -0.120. The van der Waals surface area contributed by atoms with Crippen molar-refractivity contribution in [2.24, 2.45) is 0 Å². The van der Waals surface area contributed by atoms with E-state index in [9.17, 15) is 9.59 Å². The van der Waals surface area contributed by atoms with E-state index < -0.39 is 0 Å². The highest BCUT2D eigenvalue weighted by molar-refractivity contribution is 5.94. The van der Waals surface area contributed by atoms with Gasteiger partial charge in [-0.2, -0.15) is 0 Å². The first-order valence-corrected chi connectivity index (χ1v) is 10.2. The molecule has 0 saturated carbocycles. The van der Waals surface area contributed by atoms with Gasteiger partial charge in [0.2, 0.25) is 5.91 Å². The summed E-state index contributed by atoms with van der Waals surface area (Å²) in [6, 6.07) is 25.6. The zero-order chi connectivity index (χ0) is 21.5. The highest BCUT2D eigenvalue weighted by Crippen LogP contribution is 2.19. The topological polar surface area (TPSA) is 61.4 Å². The zero-order valence-corrected chi connectivity index (χ0v) is 17.1. The SMILES string of the molecule is O=C(Cc1ccc(-c2ccccc2)cc1)NCC#Cc1ccc(N2CCNC2=O)cc1. The minimum Gasteiger partial charge on any atom is -0.345 e. The van der Waals surface area contributed by atoms with Crippen LogP contribution in [-0.4, -0.2) is 31.6 Å². The van der Waals surface area contributed by atoms with Crippen LogP contribution < -0.4 is 15.5 Å². The highest BCUT2D eigenvalue weighted by Gasteiger charge is 2.20. The number of amides is 3. The third-order valence-electron chi connectivity index (χ3n) is 5.07. The summed E-state index contributed by atoms with van der Waals surface area (Å²) in [6.07, 6.45) is 0.323. The number of benzene rings is 3. The van der Waals surface area contributed by atoms with Crippen molar-refractivity contribution >= 4 is 17.6 Å². The minimum absolute atomic E-state index is 0.0582. The van der Waals surface area contributed by atoms with E-state index in [2.05, 4.69) is 34.6 Å². The average Bonchev–Trinajstić information content (AvgIpc) is 3.24. The van der Waals surface area contributed by atoms with Gasteiger partial charge in [-0.1, -0.05) is 66.4 Å². The summed E-state index contributed by atoms with van der Waals surface area (Å²) in [6.45, 7) is 1.62. The largest absolute Gasteiger partial charge is 0.345 e. The quantitative estimate of drug-likeness (QED) is 0.633. The Kier molecular flexibility index (Phi) is 6.29. The average molecular weight is 409 g/mol. The molecule has 1 aliphatic rings. The van der Waals surface area contributed by atoms with Crippen LogP contribution in [0.3, 0.4) is 0 Å². The predicted molar refractivity (Wildman–Crippen MR) is 123 cm³/mol. The molecule has 0 spiro atoms. The molecule has 31 heavy (non-hydrogen) atoms. The van der Waals surface area contributed by atoms with Crippen molar-refractivity contribution in [1.82, 2.24) is 10.6 Å². The molecule has 1 saturated heterocycles. The molecular formula is C26H23N3O2. The Balaban J connectivity index is 1.25. The maximum absolute atomic E-state index is 12.2. The van der Waals surface area contributed by atoms with E-state index in [1.165, 1.54) is 0 Å². The Morgan fingerprint density at radius 2 is 1.65 bits per heavy atom. The summed E-state index contributed by atoms with van der Waals surface area (Å²) in [5.74, 6) is 5.95. The van der Waals surface area contributed by atoms with Gasteiger partial charge in [-0.15, -0.1) is 0 Å². The molecule has 1 heterocycles. The Morgan fingerprint density at radius 3 is 2.32 bits per heavy atom. The number of urea groups is 1. The molecule has 3 aromatic rings. The van der Waals surface area contributed by atoms with Gasteiger partial charge in [0.25, 0.3) is 0 Å². The number of rotatable bonds is 5. The van der Waals surface area contributed by atoms with Crippen molar-refractivity contribution in [2.45, 2.75) is 6.42 Å². The van der Waals surface area contributed by atoms with Gasteiger partial charge < -0.3 is 10.6 Å². The molecule has 154 valence electrons. The van der Waals surface area contributed by atoms with E-state index >= 15 is 0 Å². The van der Waals surface area contributed by atoms with E-state index in [1.54, 1.807) is 4.90 Å². The molecule has 0 atom stereocenters. The number of anilines is 1. The second kappa shape index (κ2) is 9.64. The third-order valence-corrected chi connectivity index (χ3v) is 5.07. The predicted octanol–water partition coefficient (Wildman–Crippen LogP) is 3.59. The van der Waals surface area contributed by atoms with Crippen LogP contribution in [0, 0.1) is 11.8 Å². The first-order chi connectivity index (χ1) is 15.2. The highest BCUT2D eigenvalue weighted by atomic mass is 16.2. The van der Waals surface area contributed by atoms with Crippen LogP contribution in [0.4, 0.5) is 10.5 Å². The number of carbonyl (C=O) groups excluding carboxylic acids is 2. The van der Waals surface area contributed by atoms with Gasteiger partial charge in [0.05, 0.1) is 13.0 Å². The van der Waals surface area contributed by atoms with E-state index in [0.717, 1.165) is 27.9 Å². The molecule has 1 fully saturated rings. The molecule has 0 radical (unpaired) electrons. The zero-order valence-electron chi connectivity index (χ0n) is 17.1. The second-order valence-corrected chi connectivity index (χ2v) is 7.25. The fraction of sp³-hybridized carbons (Fsp3) is 0.154. The molecule has 0 aromatic heterocycles. The lowest BCUT2D eigenvalue weighted by Crippen LogP contribution is -2.27. The van der Waals surface area contributed by atoms with Crippen LogP contribution in [0.5, 0.6) is 0 Å². The number of nitrogens with zero attached hydrogens (tertiary/aromatic N) is 1. The fourth-order valence-corrected chi connectivity index (χ4v) is 3.43. The van der Waals surface area contributed by atoms with Crippen molar-refractivity contribution < 1.29 is 9.59 Å². The maximum atomic E-state index is 12.2. The molecule has 4 rings (SSSR count). The first kappa shape index (κ1) is 20.2. The molecule has 5 nitrogen and oxygen atoms in total. The molecular weight excluding hydrogens is 386 g/mol. The second-order valence-electron chi connectivity index (χ2n) is 7.25. The first-order valence-electron chi connectivity index (χ1n) is 10.2. The lowest BCUT2D eigenvalue weighted by atomic mass is 10.0. The Morgan fingerprint density at radius 1 is 0.935 bits per heavy atom. The molecule has 0 aliphatic carbocycles. The summed E-state index contributed by atoms with van der Waals surface area (Å²) >= 11 is 0. The van der Waals surface area contributed by atoms with Crippen molar-refractivity contribution in [3.05, 3.63) is 90.0 Å². The molecule has 3 aromatic carbocycles. The summed E-state index contributed by atoms with van der Waals surface area (Å²) in [7, 11) is 0. The summed E-state index contributed by atoms with van der Waals surface area (Å²) in [5, 5.41) is 5.62. The minimum atomic E-state index is -0.0729. The molecule has 3 amide bonds. The van der Waals surface area contributed by atoms with Crippen LogP contribution >= 0.6 is 0 Å². The molecule has 5 heteroatoms. The van der Waals surface area contributed by atoms with Gasteiger partial charge in [-0.3, -0.25) is 9.69 Å². The Labute approximate surface area is 182 Å².